The van der Waals surface area contributed by atoms with Crippen molar-refractivity contribution in [1.29, 1.82) is 0 Å². The molecule has 0 rings (SSSR count). The van der Waals surface area contributed by atoms with Crippen molar-refractivity contribution in [2.75, 3.05) is 13.2 Å². The van der Waals surface area contributed by atoms with E-state index in [0.717, 1.165) is 57.8 Å². The minimum atomic E-state index is -0.853. The van der Waals surface area contributed by atoms with Gasteiger partial charge < -0.3 is 20.3 Å². The van der Waals surface area contributed by atoms with Gasteiger partial charge >= 0.3 is 5.97 Å². The molecule has 0 heterocycles. The van der Waals surface area contributed by atoms with E-state index in [1.807, 2.05) is 6.08 Å². The third kappa shape index (κ3) is 42.2. The molecule has 0 saturated carbocycles. The molecule has 3 N–H and O–H groups in total. The van der Waals surface area contributed by atoms with Gasteiger partial charge in [0.25, 0.3) is 0 Å². The zero-order valence-electron chi connectivity index (χ0n) is 37.6. The van der Waals surface area contributed by atoms with Gasteiger partial charge in [-0.25, -0.2) is 0 Å². The first kappa shape index (κ1) is 54.6. The summed E-state index contributed by atoms with van der Waals surface area (Å²) in [6, 6.07) is -0.639. The molecule has 0 aliphatic carbocycles. The van der Waals surface area contributed by atoms with Gasteiger partial charge in [-0.05, 0) is 32.1 Å². The number of ether oxygens (including phenoxy) is 1. The van der Waals surface area contributed by atoms with Crippen molar-refractivity contribution in [1.82, 2.24) is 5.32 Å². The highest BCUT2D eigenvalue weighted by Crippen LogP contribution is 2.16. The van der Waals surface area contributed by atoms with Crippen LogP contribution in [0.15, 0.2) is 12.2 Å². The summed E-state index contributed by atoms with van der Waals surface area (Å²) >= 11 is 0. The fourth-order valence-corrected chi connectivity index (χ4v) is 7.69. The number of allylic oxidation sites excluding steroid dienone is 1. The van der Waals surface area contributed by atoms with Crippen LogP contribution in [0.5, 0.6) is 0 Å². The van der Waals surface area contributed by atoms with E-state index in [0.29, 0.717) is 19.4 Å². The van der Waals surface area contributed by atoms with Crippen molar-refractivity contribution in [2.45, 2.75) is 283 Å². The Morgan fingerprint density at radius 2 is 0.821 bits per heavy atom. The lowest BCUT2D eigenvalue weighted by atomic mass is 10.0. The summed E-state index contributed by atoms with van der Waals surface area (Å²) in [5.74, 6) is -0.0991. The maximum absolute atomic E-state index is 12.4. The normalized spacial score (nSPS) is 12.7. The molecule has 1 amide bonds. The zero-order chi connectivity index (χ0) is 40.8. The average Bonchev–Trinajstić information content (AvgIpc) is 3.20. The average molecular weight is 792 g/mol. The number of esters is 1. The summed E-state index contributed by atoms with van der Waals surface area (Å²) < 4.78 is 5.46. The first-order valence-electron chi connectivity index (χ1n) is 25.0. The summed E-state index contributed by atoms with van der Waals surface area (Å²) in [4.78, 5) is 24.4. The fraction of sp³-hybridized carbons (Fsp3) is 0.920. The third-order valence-corrected chi connectivity index (χ3v) is 11.6. The molecule has 56 heavy (non-hydrogen) atoms. The second-order valence-corrected chi connectivity index (χ2v) is 17.2. The lowest BCUT2D eigenvalue weighted by Crippen LogP contribution is -2.45. The van der Waals surface area contributed by atoms with E-state index in [-0.39, 0.29) is 18.5 Å². The van der Waals surface area contributed by atoms with Crippen LogP contribution in [0.3, 0.4) is 0 Å². The van der Waals surface area contributed by atoms with Crippen LogP contribution in [0.4, 0.5) is 0 Å². The molecule has 0 radical (unpaired) electrons. The Bertz CT molecular complexity index is 832. The number of nitrogens with one attached hydrogen (secondary N) is 1. The van der Waals surface area contributed by atoms with Gasteiger partial charge in [0.15, 0.2) is 0 Å². The van der Waals surface area contributed by atoms with E-state index < -0.39 is 12.1 Å². The predicted octanol–water partition coefficient (Wildman–Crippen LogP) is 14.6. The van der Waals surface area contributed by atoms with Crippen LogP contribution in [-0.2, 0) is 14.3 Å². The van der Waals surface area contributed by atoms with Crippen molar-refractivity contribution in [3.8, 4) is 0 Å². The number of amides is 1. The Labute approximate surface area is 349 Å². The topological polar surface area (TPSA) is 95.9 Å². The van der Waals surface area contributed by atoms with Gasteiger partial charge in [-0.15, -0.1) is 0 Å². The largest absolute Gasteiger partial charge is 0.466 e. The van der Waals surface area contributed by atoms with Crippen LogP contribution in [-0.4, -0.2) is 47.4 Å². The third-order valence-electron chi connectivity index (χ3n) is 11.6. The number of hydrogen-bond donors (Lipinski definition) is 3. The van der Waals surface area contributed by atoms with E-state index in [9.17, 15) is 19.8 Å². The Morgan fingerprint density at radius 3 is 1.21 bits per heavy atom. The Balaban J connectivity index is 3.45. The van der Waals surface area contributed by atoms with Crippen LogP contribution in [0.25, 0.3) is 0 Å². The van der Waals surface area contributed by atoms with Crippen molar-refractivity contribution < 1.29 is 24.5 Å². The van der Waals surface area contributed by atoms with E-state index in [2.05, 4.69) is 19.2 Å². The Morgan fingerprint density at radius 1 is 0.482 bits per heavy atom. The Hall–Kier alpha value is -1.40. The molecule has 0 aromatic heterocycles. The molecule has 0 saturated heterocycles. The lowest BCUT2D eigenvalue weighted by molar-refractivity contribution is -0.143. The van der Waals surface area contributed by atoms with Gasteiger partial charge in [0, 0.05) is 12.8 Å². The number of rotatable bonds is 46. The van der Waals surface area contributed by atoms with Crippen LogP contribution in [0.1, 0.15) is 271 Å². The summed E-state index contributed by atoms with van der Waals surface area (Å²) in [6.45, 7) is 4.85. The standard InChI is InChI=1S/C50H97NO5/c1-3-5-7-9-11-13-15-16-17-18-19-20-24-28-32-36-40-44-50(55)56-45-41-37-33-29-25-21-23-27-31-35-39-43-49(54)51-47(46-52)48(53)42-38-34-30-26-22-14-12-10-8-6-4-2/h38,42,47-48,52-53H,3-37,39-41,43-46H2,1-2H3,(H,51,54)/b42-38+. The summed E-state index contributed by atoms with van der Waals surface area (Å²) in [5, 5.41) is 22.9. The zero-order valence-corrected chi connectivity index (χ0v) is 37.6. The van der Waals surface area contributed by atoms with E-state index >= 15 is 0 Å². The summed E-state index contributed by atoms with van der Waals surface area (Å²) in [7, 11) is 0. The first-order valence-corrected chi connectivity index (χ1v) is 25.0. The van der Waals surface area contributed by atoms with Gasteiger partial charge in [0.2, 0.25) is 5.91 Å². The molecule has 0 aromatic carbocycles. The van der Waals surface area contributed by atoms with Crippen molar-refractivity contribution in [3.63, 3.8) is 0 Å². The fourth-order valence-electron chi connectivity index (χ4n) is 7.69. The highest BCUT2D eigenvalue weighted by Gasteiger charge is 2.18. The molecule has 0 bridgehead atoms. The minimum Gasteiger partial charge on any atom is -0.466 e. The maximum Gasteiger partial charge on any atom is 0.305 e. The summed E-state index contributed by atoms with van der Waals surface area (Å²) in [6.07, 6.45) is 52.1. The highest BCUT2D eigenvalue weighted by molar-refractivity contribution is 5.76. The summed E-state index contributed by atoms with van der Waals surface area (Å²) in [5.41, 5.74) is 0. The molecule has 332 valence electrons. The molecular weight excluding hydrogens is 695 g/mol. The van der Waals surface area contributed by atoms with Crippen molar-refractivity contribution in [2.24, 2.45) is 0 Å². The molecule has 0 aliphatic rings. The SMILES string of the molecule is CCCCCCCCCCC/C=C/C(O)C(CO)NC(=O)CCCCCCCCCCCCCOC(=O)CCCCCCCCCCCCCCCCCCC. The van der Waals surface area contributed by atoms with Crippen LogP contribution < -0.4 is 5.32 Å². The molecule has 0 aliphatic heterocycles. The van der Waals surface area contributed by atoms with Gasteiger partial charge in [-0.1, -0.05) is 238 Å². The van der Waals surface area contributed by atoms with Gasteiger partial charge in [0.05, 0.1) is 25.4 Å². The molecule has 6 nitrogen and oxygen atoms in total. The van der Waals surface area contributed by atoms with Crippen molar-refractivity contribution >= 4 is 11.9 Å². The number of aliphatic hydroxyl groups is 2. The maximum atomic E-state index is 12.4. The highest BCUT2D eigenvalue weighted by atomic mass is 16.5. The number of unbranched alkanes of at least 4 members (excludes halogenated alkanes) is 35. The molecule has 0 spiro atoms. The molecular formula is C50H97NO5. The molecule has 0 aromatic rings. The smallest absolute Gasteiger partial charge is 0.305 e. The second kappa shape index (κ2) is 46.3. The molecule has 2 unspecified atom stereocenters. The van der Waals surface area contributed by atoms with Crippen LogP contribution in [0.2, 0.25) is 0 Å². The first-order chi connectivity index (χ1) is 27.5. The van der Waals surface area contributed by atoms with Gasteiger partial charge in [-0.2, -0.15) is 0 Å². The quantitative estimate of drug-likeness (QED) is 0.0324. The molecule has 0 fully saturated rings. The second-order valence-electron chi connectivity index (χ2n) is 17.2. The van der Waals surface area contributed by atoms with Gasteiger partial charge in [0.1, 0.15) is 0 Å². The van der Waals surface area contributed by atoms with Crippen molar-refractivity contribution in [3.05, 3.63) is 12.2 Å². The predicted molar refractivity (Wildman–Crippen MR) is 241 cm³/mol. The van der Waals surface area contributed by atoms with Crippen LogP contribution in [0, 0.1) is 0 Å². The molecule has 6 heteroatoms. The lowest BCUT2D eigenvalue weighted by Gasteiger charge is -2.20. The Kier molecular flexibility index (Phi) is 45.1. The van der Waals surface area contributed by atoms with E-state index in [4.69, 9.17) is 4.74 Å². The van der Waals surface area contributed by atoms with Gasteiger partial charge in [-0.3, -0.25) is 9.59 Å². The minimum absolute atomic E-state index is 0.0119. The number of aliphatic hydroxyl groups excluding tert-OH is 2. The van der Waals surface area contributed by atoms with E-state index in [1.54, 1.807) is 6.08 Å². The monoisotopic (exact) mass is 792 g/mol. The number of hydrogen-bond acceptors (Lipinski definition) is 5. The molecule has 2 atom stereocenters. The van der Waals surface area contributed by atoms with Crippen LogP contribution >= 0.6 is 0 Å². The van der Waals surface area contributed by atoms with E-state index in [1.165, 1.54) is 186 Å². The number of carbonyl (C=O) groups is 2. The number of carbonyl (C=O) groups excluding carboxylic acids is 2.